The highest BCUT2D eigenvalue weighted by Crippen LogP contribution is 2.13. The van der Waals surface area contributed by atoms with Crippen molar-refractivity contribution in [3.8, 4) is 0 Å². The second kappa shape index (κ2) is 5.39. The highest BCUT2D eigenvalue weighted by Gasteiger charge is 2.38. The minimum absolute atomic E-state index is 0.750. The fourth-order valence-electron chi connectivity index (χ4n) is 0. The molecule has 1 N–H and O–H groups in total. The zero-order chi connectivity index (χ0) is 10.4. The van der Waals surface area contributed by atoms with Gasteiger partial charge in [0, 0.05) is 14.1 Å². The van der Waals surface area contributed by atoms with Crippen molar-refractivity contribution in [3.05, 3.63) is 0 Å². The van der Waals surface area contributed by atoms with E-state index in [1.54, 1.807) is 14.1 Å². The first-order chi connectivity index (χ1) is 5.21. The molecule has 7 heteroatoms. The Morgan fingerprint density at radius 2 is 1.58 bits per heavy atom. The Kier molecular flexibility index (Phi) is 5.99. The van der Waals surface area contributed by atoms with Crippen molar-refractivity contribution in [2.75, 3.05) is 14.1 Å². The van der Waals surface area contributed by atoms with Crippen molar-refractivity contribution >= 4 is 12.4 Å². The van der Waals surface area contributed by atoms with Crippen LogP contribution in [0.5, 0.6) is 0 Å². The minimum atomic E-state index is -5.08. The van der Waals surface area contributed by atoms with E-state index in [1.807, 2.05) is 0 Å². The Bertz CT molecular complexity index is 155. The third kappa shape index (κ3) is 11.5. The SMILES string of the molecule is CN(C)C=O.O=C(O)C(F)(F)F. The predicted molar refractivity (Wildman–Crippen MR) is 33.4 cm³/mol. The number of halogens is 3. The Hall–Kier alpha value is -1.27. The maximum Gasteiger partial charge on any atom is 0.490 e. The molecule has 0 atom stereocenters. The Morgan fingerprint density at radius 3 is 1.58 bits per heavy atom. The Balaban J connectivity index is 0. The fourth-order valence-corrected chi connectivity index (χ4v) is 0. The molecule has 0 aliphatic carbocycles. The molecule has 0 aromatic heterocycles. The van der Waals surface area contributed by atoms with Gasteiger partial charge in [0.1, 0.15) is 0 Å². The van der Waals surface area contributed by atoms with Crippen LogP contribution in [0.25, 0.3) is 0 Å². The van der Waals surface area contributed by atoms with Gasteiger partial charge in [-0.2, -0.15) is 13.2 Å². The van der Waals surface area contributed by atoms with Gasteiger partial charge in [-0.25, -0.2) is 4.79 Å². The molecule has 72 valence electrons. The predicted octanol–water partition coefficient (Wildman–Crippen LogP) is 0.338. The van der Waals surface area contributed by atoms with E-state index in [-0.39, 0.29) is 0 Å². The molecule has 0 fully saturated rings. The van der Waals surface area contributed by atoms with Gasteiger partial charge in [0.2, 0.25) is 6.41 Å². The number of amides is 1. The van der Waals surface area contributed by atoms with Crippen LogP contribution in [-0.2, 0) is 9.59 Å². The van der Waals surface area contributed by atoms with Crippen molar-refractivity contribution in [1.82, 2.24) is 4.90 Å². The summed E-state index contributed by atoms with van der Waals surface area (Å²) in [5.41, 5.74) is 0. The van der Waals surface area contributed by atoms with Crippen LogP contribution in [0.3, 0.4) is 0 Å². The van der Waals surface area contributed by atoms with Crippen LogP contribution < -0.4 is 0 Å². The normalized spacial score (nSPS) is 9.42. The van der Waals surface area contributed by atoms with E-state index >= 15 is 0 Å². The third-order valence-electron chi connectivity index (χ3n) is 0.453. The molecular formula is C5H8F3NO3. The number of carbonyl (C=O) groups excluding carboxylic acids is 1. The number of carbonyl (C=O) groups is 2. The van der Waals surface area contributed by atoms with E-state index < -0.39 is 12.1 Å². The highest BCUT2D eigenvalue weighted by atomic mass is 19.4. The van der Waals surface area contributed by atoms with Gasteiger partial charge in [-0.05, 0) is 0 Å². The lowest BCUT2D eigenvalue weighted by Gasteiger charge is -1.93. The second-order valence-electron chi connectivity index (χ2n) is 1.87. The van der Waals surface area contributed by atoms with E-state index in [2.05, 4.69) is 0 Å². The molecule has 0 unspecified atom stereocenters. The number of nitrogens with zero attached hydrogens (tertiary/aromatic N) is 1. The average molecular weight is 187 g/mol. The fraction of sp³-hybridized carbons (Fsp3) is 0.600. The first-order valence-electron chi connectivity index (χ1n) is 2.63. The minimum Gasteiger partial charge on any atom is -0.475 e. The molecular weight excluding hydrogens is 179 g/mol. The lowest BCUT2D eigenvalue weighted by molar-refractivity contribution is -0.192. The zero-order valence-electron chi connectivity index (χ0n) is 6.42. The van der Waals surface area contributed by atoms with Gasteiger partial charge in [-0.15, -0.1) is 0 Å². The van der Waals surface area contributed by atoms with Gasteiger partial charge in [0.05, 0.1) is 0 Å². The van der Waals surface area contributed by atoms with E-state index in [0.717, 1.165) is 6.41 Å². The van der Waals surface area contributed by atoms with E-state index in [1.165, 1.54) is 4.90 Å². The summed E-state index contributed by atoms with van der Waals surface area (Å²) in [4.78, 5) is 19.8. The number of hydrogen-bond acceptors (Lipinski definition) is 2. The lowest BCUT2D eigenvalue weighted by atomic mass is 10.7. The van der Waals surface area contributed by atoms with Crippen molar-refractivity contribution < 1.29 is 27.9 Å². The van der Waals surface area contributed by atoms with Gasteiger partial charge in [-0.1, -0.05) is 0 Å². The number of carboxylic acids is 1. The molecule has 0 aromatic carbocycles. The van der Waals surface area contributed by atoms with Crippen molar-refractivity contribution in [3.63, 3.8) is 0 Å². The molecule has 1 amide bonds. The molecule has 0 spiro atoms. The number of hydrogen-bond donors (Lipinski definition) is 1. The summed E-state index contributed by atoms with van der Waals surface area (Å²) in [6, 6.07) is 0. The van der Waals surface area contributed by atoms with Crippen LogP contribution in [0.1, 0.15) is 0 Å². The van der Waals surface area contributed by atoms with Crippen LogP contribution in [0.15, 0.2) is 0 Å². The number of aliphatic carboxylic acids is 1. The summed E-state index contributed by atoms with van der Waals surface area (Å²) < 4.78 is 31.7. The topological polar surface area (TPSA) is 57.6 Å². The second-order valence-corrected chi connectivity index (χ2v) is 1.87. The number of alkyl halides is 3. The smallest absolute Gasteiger partial charge is 0.475 e. The van der Waals surface area contributed by atoms with Crippen LogP contribution in [0.2, 0.25) is 0 Å². The summed E-state index contributed by atoms with van der Waals surface area (Å²) in [6.45, 7) is 0. The molecule has 0 aliphatic heterocycles. The van der Waals surface area contributed by atoms with Gasteiger partial charge in [0.15, 0.2) is 0 Å². The summed E-state index contributed by atoms with van der Waals surface area (Å²) >= 11 is 0. The van der Waals surface area contributed by atoms with Gasteiger partial charge < -0.3 is 10.0 Å². The van der Waals surface area contributed by atoms with E-state index in [0.29, 0.717) is 0 Å². The first-order valence-corrected chi connectivity index (χ1v) is 2.63. The average Bonchev–Trinajstić information content (AvgIpc) is 1.87. The molecule has 0 saturated heterocycles. The van der Waals surface area contributed by atoms with E-state index in [4.69, 9.17) is 9.90 Å². The van der Waals surface area contributed by atoms with Gasteiger partial charge >= 0.3 is 12.1 Å². The summed E-state index contributed by atoms with van der Waals surface area (Å²) in [5.74, 6) is -2.76. The quantitative estimate of drug-likeness (QED) is 0.602. The highest BCUT2D eigenvalue weighted by molar-refractivity contribution is 5.73. The molecule has 4 nitrogen and oxygen atoms in total. The summed E-state index contributed by atoms with van der Waals surface area (Å²) in [5, 5.41) is 7.12. The maximum atomic E-state index is 10.6. The van der Waals surface area contributed by atoms with Gasteiger partial charge in [0.25, 0.3) is 0 Å². The van der Waals surface area contributed by atoms with Crippen molar-refractivity contribution in [1.29, 1.82) is 0 Å². The molecule has 0 aliphatic rings. The summed E-state index contributed by atoms with van der Waals surface area (Å²) in [6.07, 6.45) is -4.33. The molecule has 0 heterocycles. The molecule has 0 rings (SSSR count). The molecule has 0 bridgehead atoms. The van der Waals surface area contributed by atoms with Crippen LogP contribution in [0.4, 0.5) is 13.2 Å². The standard InChI is InChI=1S/C3H7NO.C2HF3O2/c1-4(2)3-5;3-2(4,5)1(6)7/h3H,1-2H3;(H,6,7). The largest absolute Gasteiger partial charge is 0.490 e. The zero-order valence-corrected chi connectivity index (χ0v) is 6.42. The maximum absolute atomic E-state index is 10.6. The molecule has 0 aromatic rings. The third-order valence-corrected chi connectivity index (χ3v) is 0.453. The van der Waals surface area contributed by atoms with Crippen molar-refractivity contribution in [2.24, 2.45) is 0 Å². The Labute approximate surface area is 66.6 Å². The number of rotatable bonds is 1. The Morgan fingerprint density at radius 1 is 1.42 bits per heavy atom. The molecule has 12 heavy (non-hydrogen) atoms. The monoisotopic (exact) mass is 187 g/mol. The molecule has 0 radical (unpaired) electrons. The summed E-state index contributed by atoms with van der Waals surface area (Å²) in [7, 11) is 3.38. The van der Waals surface area contributed by atoms with E-state index in [9.17, 15) is 18.0 Å². The van der Waals surface area contributed by atoms with Crippen LogP contribution in [0, 0.1) is 0 Å². The van der Waals surface area contributed by atoms with Crippen molar-refractivity contribution in [2.45, 2.75) is 6.18 Å². The lowest BCUT2D eigenvalue weighted by Crippen LogP contribution is -2.21. The first kappa shape index (κ1) is 13.3. The number of carboxylic acid groups (broad SMARTS) is 1. The van der Waals surface area contributed by atoms with Crippen LogP contribution >= 0.6 is 0 Å². The molecule has 0 saturated carbocycles. The van der Waals surface area contributed by atoms with Crippen LogP contribution in [-0.4, -0.2) is 42.7 Å². The van der Waals surface area contributed by atoms with Gasteiger partial charge in [-0.3, -0.25) is 4.79 Å².